The number of carbonyl (C=O) groups is 1. The molecular formula is C7H6NNaO3. The van der Waals surface area contributed by atoms with Crippen LogP contribution in [0.25, 0.3) is 0 Å². The van der Waals surface area contributed by atoms with E-state index in [0.717, 1.165) is 12.8 Å². The molecule has 4 nitrogen and oxygen atoms in total. The minimum Gasteiger partial charge on any atom is -0.540 e. The average Bonchev–Trinajstić information content (AvgIpc) is 2.68. The second kappa shape index (κ2) is 3.60. The van der Waals surface area contributed by atoms with E-state index in [1.165, 1.54) is 6.20 Å². The van der Waals surface area contributed by atoms with Crippen LogP contribution in [0.3, 0.4) is 0 Å². The Morgan fingerprint density at radius 2 is 2.33 bits per heavy atom. The molecule has 0 aromatic carbocycles. The third-order valence-corrected chi connectivity index (χ3v) is 1.68. The van der Waals surface area contributed by atoms with Crippen LogP contribution in [0.2, 0.25) is 0 Å². The third-order valence-electron chi connectivity index (χ3n) is 1.68. The number of nitrogens with zero attached hydrogens (tertiary/aromatic N) is 1. The first-order valence-electron chi connectivity index (χ1n) is 3.44. The zero-order valence-corrected chi connectivity index (χ0v) is 8.74. The van der Waals surface area contributed by atoms with E-state index in [2.05, 4.69) is 4.98 Å². The number of hydrogen-bond donors (Lipinski definition) is 0. The van der Waals surface area contributed by atoms with Crippen molar-refractivity contribution in [3.63, 3.8) is 0 Å². The molecule has 1 aliphatic carbocycles. The van der Waals surface area contributed by atoms with Gasteiger partial charge in [0.05, 0.1) is 6.20 Å². The normalized spacial score (nSPS) is 15.3. The zero-order valence-electron chi connectivity index (χ0n) is 6.74. The molecule has 1 aliphatic rings. The van der Waals surface area contributed by atoms with Gasteiger partial charge in [0.15, 0.2) is 0 Å². The van der Waals surface area contributed by atoms with Crippen LogP contribution < -0.4 is 34.7 Å². The van der Waals surface area contributed by atoms with Crippen LogP contribution in [0.5, 0.6) is 0 Å². The Morgan fingerprint density at radius 1 is 1.67 bits per heavy atom. The fourth-order valence-electron chi connectivity index (χ4n) is 0.938. The summed E-state index contributed by atoms with van der Waals surface area (Å²) in [6.07, 6.45) is 3.60. The monoisotopic (exact) mass is 175 g/mol. The van der Waals surface area contributed by atoms with Gasteiger partial charge < -0.3 is 14.3 Å². The molecule has 1 aromatic rings. The van der Waals surface area contributed by atoms with Gasteiger partial charge in [-0.1, -0.05) is 0 Å². The van der Waals surface area contributed by atoms with Crippen LogP contribution >= 0.6 is 0 Å². The van der Waals surface area contributed by atoms with Crippen molar-refractivity contribution in [2.75, 3.05) is 0 Å². The Balaban J connectivity index is 0.000000720. The number of aromatic nitrogens is 1. The molecule has 0 spiro atoms. The minimum absolute atomic E-state index is 0. The average molecular weight is 175 g/mol. The van der Waals surface area contributed by atoms with Gasteiger partial charge in [-0.3, -0.25) is 0 Å². The molecule has 0 radical (unpaired) electrons. The summed E-state index contributed by atoms with van der Waals surface area (Å²) in [5.74, 6) is -0.594. The number of hydrogen-bond acceptors (Lipinski definition) is 4. The number of carbonyl (C=O) groups excluding carboxylic acids is 1. The van der Waals surface area contributed by atoms with Crippen molar-refractivity contribution in [1.29, 1.82) is 0 Å². The Hall–Kier alpha value is -0.320. The third kappa shape index (κ3) is 1.88. The molecule has 0 N–H and O–H groups in total. The van der Waals surface area contributed by atoms with E-state index in [-0.39, 0.29) is 35.4 Å². The molecule has 58 valence electrons. The van der Waals surface area contributed by atoms with Gasteiger partial charge in [-0.25, -0.2) is 4.98 Å². The Labute approximate surface area is 91.3 Å². The number of rotatable bonds is 2. The Bertz CT molecular complexity index is 293. The summed E-state index contributed by atoms with van der Waals surface area (Å²) < 4.78 is 4.90. The maximum absolute atomic E-state index is 10.2. The second-order valence-corrected chi connectivity index (χ2v) is 2.63. The maximum Gasteiger partial charge on any atom is 1.00 e. The smallest absolute Gasteiger partial charge is 0.540 e. The summed E-state index contributed by atoms with van der Waals surface area (Å²) in [6.45, 7) is 0. The molecule has 1 heterocycles. The summed E-state index contributed by atoms with van der Waals surface area (Å²) in [4.78, 5) is 13.7. The predicted octanol–water partition coefficient (Wildman–Crippen LogP) is -3.08. The van der Waals surface area contributed by atoms with Crippen LogP contribution in [-0.2, 0) is 0 Å². The molecule has 0 saturated heterocycles. The van der Waals surface area contributed by atoms with Crippen molar-refractivity contribution < 1.29 is 43.9 Å². The van der Waals surface area contributed by atoms with E-state index >= 15 is 0 Å². The number of oxazole rings is 1. The van der Waals surface area contributed by atoms with E-state index in [4.69, 9.17) is 4.42 Å². The molecule has 0 bridgehead atoms. The molecule has 0 amide bonds. The van der Waals surface area contributed by atoms with E-state index in [9.17, 15) is 9.90 Å². The first kappa shape index (κ1) is 9.77. The van der Waals surface area contributed by atoms with Crippen molar-refractivity contribution in [2.24, 2.45) is 0 Å². The Morgan fingerprint density at radius 3 is 2.75 bits per heavy atom. The molecule has 2 rings (SSSR count). The second-order valence-electron chi connectivity index (χ2n) is 2.63. The van der Waals surface area contributed by atoms with Gasteiger partial charge in [-0.05, 0) is 12.8 Å². The molecule has 1 fully saturated rings. The molecule has 5 heteroatoms. The van der Waals surface area contributed by atoms with Crippen LogP contribution in [0.15, 0.2) is 10.6 Å². The molecule has 1 aromatic heterocycles. The van der Waals surface area contributed by atoms with E-state index in [1.54, 1.807) is 0 Å². The number of aromatic carboxylic acids is 1. The topological polar surface area (TPSA) is 66.2 Å². The fourth-order valence-corrected chi connectivity index (χ4v) is 0.938. The SMILES string of the molecule is O=C([O-])c1ncc(C2CC2)o1.[Na+]. The van der Waals surface area contributed by atoms with Gasteiger partial charge >= 0.3 is 29.6 Å². The number of carboxylic acids is 1. The molecule has 0 atom stereocenters. The van der Waals surface area contributed by atoms with Gasteiger partial charge in [0.25, 0.3) is 0 Å². The number of carboxylic acid groups (broad SMARTS) is 1. The molecule has 0 aliphatic heterocycles. The Kier molecular flexibility index (Phi) is 2.93. The molecular weight excluding hydrogens is 169 g/mol. The molecule has 0 unspecified atom stereocenters. The first-order valence-corrected chi connectivity index (χ1v) is 3.44. The van der Waals surface area contributed by atoms with Crippen molar-refractivity contribution >= 4 is 5.97 Å². The summed E-state index contributed by atoms with van der Waals surface area (Å²) in [5, 5.41) is 10.2. The van der Waals surface area contributed by atoms with Crippen molar-refractivity contribution in [3.05, 3.63) is 17.8 Å². The van der Waals surface area contributed by atoms with Gasteiger partial charge in [0.1, 0.15) is 11.7 Å². The maximum atomic E-state index is 10.2. The summed E-state index contributed by atoms with van der Waals surface area (Å²) in [5.41, 5.74) is 0. The van der Waals surface area contributed by atoms with Gasteiger partial charge in [0, 0.05) is 5.92 Å². The van der Waals surface area contributed by atoms with Gasteiger partial charge in [-0.15, -0.1) is 0 Å². The van der Waals surface area contributed by atoms with E-state index < -0.39 is 5.97 Å². The van der Waals surface area contributed by atoms with Crippen LogP contribution in [0.4, 0.5) is 0 Å². The van der Waals surface area contributed by atoms with Crippen LogP contribution in [0, 0.1) is 0 Å². The summed E-state index contributed by atoms with van der Waals surface area (Å²) in [7, 11) is 0. The summed E-state index contributed by atoms with van der Waals surface area (Å²) in [6, 6.07) is 0. The fraction of sp³-hybridized carbons (Fsp3) is 0.429. The standard InChI is InChI=1S/C7H7NO3.Na/c9-7(10)6-8-3-5(11-6)4-1-2-4;/h3-4H,1-2H2,(H,9,10);/q;+1/p-1. The van der Waals surface area contributed by atoms with E-state index in [0.29, 0.717) is 11.7 Å². The van der Waals surface area contributed by atoms with Gasteiger partial charge in [-0.2, -0.15) is 0 Å². The van der Waals surface area contributed by atoms with Crippen LogP contribution in [-0.4, -0.2) is 11.0 Å². The predicted molar refractivity (Wildman–Crippen MR) is 32.8 cm³/mol. The van der Waals surface area contributed by atoms with Crippen molar-refractivity contribution in [2.45, 2.75) is 18.8 Å². The van der Waals surface area contributed by atoms with Crippen molar-refractivity contribution in [1.82, 2.24) is 4.98 Å². The zero-order chi connectivity index (χ0) is 7.84. The summed E-state index contributed by atoms with van der Waals surface area (Å²) >= 11 is 0. The largest absolute Gasteiger partial charge is 1.00 e. The van der Waals surface area contributed by atoms with Crippen molar-refractivity contribution in [3.8, 4) is 0 Å². The minimum atomic E-state index is -1.35. The first-order chi connectivity index (χ1) is 5.27. The quantitative estimate of drug-likeness (QED) is 0.447. The molecule has 1 saturated carbocycles. The van der Waals surface area contributed by atoms with Gasteiger partial charge in [0.2, 0.25) is 5.89 Å². The van der Waals surface area contributed by atoms with E-state index in [1.807, 2.05) is 0 Å². The van der Waals surface area contributed by atoms with Crippen LogP contribution in [0.1, 0.15) is 35.2 Å². The molecule has 12 heavy (non-hydrogen) atoms.